The third kappa shape index (κ3) is 7.80. The van der Waals surface area contributed by atoms with Crippen molar-refractivity contribution in [3.05, 3.63) is 109 Å². The number of nitrogens with zero attached hydrogens (tertiary/aromatic N) is 2. The molecular weight excluding hydrogens is 614 g/mol. The summed E-state index contributed by atoms with van der Waals surface area (Å²) < 4.78 is 11.8. The van der Waals surface area contributed by atoms with Crippen molar-refractivity contribution in [1.29, 1.82) is 0 Å². The number of oxime groups is 1. The van der Waals surface area contributed by atoms with Gasteiger partial charge in [0.15, 0.2) is 5.78 Å². The summed E-state index contributed by atoms with van der Waals surface area (Å²) in [6, 6.07) is 28.1. The Bertz CT molecular complexity index is 1810. The number of ether oxygens (including phenoxy) is 2. The molecule has 1 unspecified atom stereocenters. The Morgan fingerprint density at radius 3 is 2.17 bits per heavy atom. The molecule has 5 rings (SSSR count). The van der Waals surface area contributed by atoms with E-state index in [0.29, 0.717) is 17.0 Å². The summed E-state index contributed by atoms with van der Waals surface area (Å²) >= 11 is 0. The fraction of sp³-hybridized carbons (Fsp3) is 0.270. The Labute approximate surface area is 278 Å². The molecule has 2 amide bonds. The average molecular weight is 652 g/mol. The van der Waals surface area contributed by atoms with Gasteiger partial charge in [0.2, 0.25) is 0 Å². The molecular formula is C37H37N3O8. The van der Waals surface area contributed by atoms with Crippen molar-refractivity contribution < 1.29 is 38.6 Å². The van der Waals surface area contributed by atoms with E-state index in [1.54, 1.807) is 72.8 Å². The molecule has 4 aromatic carbocycles. The number of ketones is 1. The first kappa shape index (κ1) is 33.6. The van der Waals surface area contributed by atoms with Crippen LogP contribution in [-0.2, 0) is 19.2 Å². The second-order valence-corrected chi connectivity index (χ2v) is 11.9. The monoisotopic (exact) mass is 651 g/mol. The summed E-state index contributed by atoms with van der Waals surface area (Å²) in [5.41, 5.74) is 0.791. The number of nitrogens with one attached hydrogen (secondary N) is 1. The second kappa shape index (κ2) is 14.8. The molecule has 2 N–H and O–H groups in total. The minimum atomic E-state index is -2.09. The molecule has 1 heterocycles. The van der Waals surface area contributed by atoms with Crippen molar-refractivity contribution in [2.75, 3.05) is 13.7 Å². The highest BCUT2D eigenvalue weighted by molar-refractivity contribution is 6.04. The molecule has 1 aliphatic heterocycles. The van der Waals surface area contributed by atoms with Gasteiger partial charge in [-0.25, -0.2) is 0 Å². The van der Waals surface area contributed by atoms with E-state index in [0.717, 1.165) is 15.7 Å². The number of carboxylic acids is 1. The van der Waals surface area contributed by atoms with E-state index < -0.39 is 48.6 Å². The van der Waals surface area contributed by atoms with Crippen LogP contribution in [0.5, 0.6) is 11.5 Å². The Kier molecular flexibility index (Phi) is 10.4. The molecule has 0 bridgehead atoms. The summed E-state index contributed by atoms with van der Waals surface area (Å²) in [6.07, 6.45) is -0.884. The first-order valence-electron chi connectivity index (χ1n) is 15.5. The number of para-hydroxylation sites is 2. The molecule has 3 atom stereocenters. The van der Waals surface area contributed by atoms with Crippen molar-refractivity contribution in [3.63, 3.8) is 0 Å². The first-order valence-corrected chi connectivity index (χ1v) is 15.5. The number of amides is 2. The van der Waals surface area contributed by atoms with Crippen LogP contribution in [0.3, 0.4) is 0 Å². The average Bonchev–Trinajstić information content (AvgIpc) is 3.52. The third-order valence-corrected chi connectivity index (χ3v) is 8.05. The van der Waals surface area contributed by atoms with E-state index in [4.69, 9.17) is 14.3 Å². The van der Waals surface area contributed by atoms with Crippen molar-refractivity contribution in [2.24, 2.45) is 11.1 Å². The molecule has 0 saturated carbocycles. The molecule has 1 aliphatic rings. The van der Waals surface area contributed by atoms with Gasteiger partial charge >= 0.3 is 17.7 Å². The molecule has 11 nitrogen and oxygen atoms in total. The molecule has 0 spiro atoms. The van der Waals surface area contributed by atoms with Crippen LogP contribution in [0, 0.1) is 5.92 Å². The predicted molar refractivity (Wildman–Crippen MR) is 179 cm³/mol. The topological polar surface area (TPSA) is 144 Å². The highest BCUT2D eigenvalue weighted by Crippen LogP contribution is 2.33. The lowest BCUT2D eigenvalue weighted by molar-refractivity contribution is -0.197. The zero-order chi connectivity index (χ0) is 34.3. The fourth-order valence-electron chi connectivity index (χ4n) is 5.49. The highest BCUT2D eigenvalue weighted by Gasteiger charge is 2.54. The van der Waals surface area contributed by atoms with E-state index in [1.807, 2.05) is 44.2 Å². The molecule has 11 heteroatoms. The summed E-state index contributed by atoms with van der Waals surface area (Å²) in [6.45, 7) is 3.33. The number of aliphatic carboxylic acids is 1. The second-order valence-electron chi connectivity index (χ2n) is 11.9. The summed E-state index contributed by atoms with van der Waals surface area (Å²) in [7, 11) is 1.31. The van der Waals surface area contributed by atoms with Crippen LogP contribution in [0.2, 0.25) is 0 Å². The lowest BCUT2D eigenvalue weighted by atomic mass is 9.93. The largest absolute Gasteiger partial charge is 0.486 e. The smallest absolute Gasteiger partial charge is 0.360 e. The van der Waals surface area contributed by atoms with Crippen LogP contribution in [0.4, 0.5) is 0 Å². The number of benzene rings is 4. The van der Waals surface area contributed by atoms with Gasteiger partial charge in [0.1, 0.15) is 24.1 Å². The lowest BCUT2D eigenvalue weighted by Crippen LogP contribution is -2.57. The number of hydrogen-bond acceptors (Lipinski definition) is 8. The maximum atomic E-state index is 14.3. The van der Waals surface area contributed by atoms with Gasteiger partial charge in [-0.05, 0) is 53.1 Å². The molecule has 248 valence electrons. The van der Waals surface area contributed by atoms with Gasteiger partial charge in [-0.15, -0.1) is 0 Å². The third-order valence-electron chi connectivity index (χ3n) is 8.05. The van der Waals surface area contributed by atoms with Gasteiger partial charge in [0.05, 0.1) is 24.6 Å². The first-order chi connectivity index (χ1) is 23.1. The Hall–Kier alpha value is -5.71. The van der Waals surface area contributed by atoms with Gasteiger partial charge in [0.25, 0.3) is 5.91 Å². The molecule has 4 aromatic rings. The molecule has 48 heavy (non-hydrogen) atoms. The van der Waals surface area contributed by atoms with Crippen LogP contribution in [-0.4, -0.2) is 70.8 Å². The molecule has 0 saturated heterocycles. The molecule has 0 radical (unpaired) electrons. The summed E-state index contributed by atoms with van der Waals surface area (Å²) in [4.78, 5) is 59.8. The number of carbonyl (C=O) groups excluding carboxylic acids is 3. The van der Waals surface area contributed by atoms with Gasteiger partial charge in [-0.3, -0.25) is 19.2 Å². The highest BCUT2D eigenvalue weighted by atomic mass is 16.8. The maximum Gasteiger partial charge on any atom is 0.360 e. The van der Waals surface area contributed by atoms with E-state index in [1.165, 1.54) is 7.05 Å². The minimum absolute atomic E-state index is 0.173. The maximum absolute atomic E-state index is 14.3. The Morgan fingerprint density at radius 1 is 0.896 bits per heavy atom. The fourth-order valence-corrected chi connectivity index (χ4v) is 5.49. The quantitative estimate of drug-likeness (QED) is 0.192. The zero-order valence-electron chi connectivity index (χ0n) is 26.9. The van der Waals surface area contributed by atoms with Crippen molar-refractivity contribution in [3.8, 4) is 11.5 Å². The number of likely N-dealkylation sites (N-methyl/N-ethyl adjacent to an activating group) is 1. The van der Waals surface area contributed by atoms with Crippen molar-refractivity contribution in [1.82, 2.24) is 10.2 Å². The number of carbonyl (C=O) groups is 4. The van der Waals surface area contributed by atoms with Crippen molar-refractivity contribution in [2.45, 2.75) is 44.6 Å². The normalized spacial score (nSPS) is 16.7. The SMILES string of the molecule is CC(C)[C@H](NC(=O)c1ccc2ccccc2c1)C1=NOC(Oc2ccccc2)(C(=O)N(C)[C@@H](CC(=O)O)C(=O)COc2ccccc2)C1. The molecule has 0 aromatic heterocycles. The predicted octanol–water partition coefficient (Wildman–Crippen LogP) is 5.10. The number of carboxylic acid groups (broad SMARTS) is 1. The summed E-state index contributed by atoms with van der Waals surface area (Å²) in [5.74, 6) is -4.64. The van der Waals surface area contributed by atoms with E-state index in [2.05, 4.69) is 10.5 Å². The van der Waals surface area contributed by atoms with Gasteiger partial charge in [-0.2, -0.15) is 0 Å². The van der Waals surface area contributed by atoms with Crippen LogP contribution in [0.1, 0.15) is 37.0 Å². The van der Waals surface area contributed by atoms with Crippen LogP contribution in [0.25, 0.3) is 10.8 Å². The van der Waals surface area contributed by atoms with Crippen LogP contribution >= 0.6 is 0 Å². The Morgan fingerprint density at radius 2 is 1.52 bits per heavy atom. The lowest BCUT2D eigenvalue weighted by Gasteiger charge is -2.34. The van der Waals surface area contributed by atoms with Crippen molar-refractivity contribution >= 4 is 40.1 Å². The molecule has 0 aliphatic carbocycles. The summed E-state index contributed by atoms with van der Waals surface area (Å²) in [5, 5.41) is 18.9. The number of fused-ring (bicyclic) bond motifs is 1. The van der Waals surface area contributed by atoms with Crippen LogP contribution < -0.4 is 14.8 Å². The standard InChI is InChI=1S/C37H37N3O8/c1-24(2)34(38-35(44)27-19-18-25-12-10-11-13-26(25)20-27)30-22-37(48-39-30,47-29-16-8-5-9-17-29)36(45)40(3)31(21-33(42)43)32(41)23-46-28-14-6-4-7-15-28/h4-20,24,31,34H,21-23H2,1-3H3,(H,38,44)(H,42,43)/t31-,34-,37?/m0/s1. The van der Waals surface area contributed by atoms with E-state index in [-0.39, 0.29) is 24.0 Å². The zero-order valence-corrected chi connectivity index (χ0v) is 26.9. The van der Waals surface area contributed by atoms with Gasteiger partial charge < -0.3 is 29.6 Å². The van der Waals surface area contributed by atoms with Gasteiger partial charge in [0, 0.05) is 12.6 Å². The van der Waals surface area contributed by atoms with Crippen LogP contribution in [0.15, 0.2) is 108 Å². The number of Topliss-reactive ketones (excluding diaryl/α,β-unsaturated/α-hetero) is 1. The molecule has 0 fully saturated rings. The van der Waals surface area contributed by atoms with Gasteiger partial charge in [-0.1, -0.05) is 85.7 Å². The minimum Gasteiger partial charge on any atom is -0.486 e. The number of rotatable bonds is 14. The van der Waals surface area contributed by atoms with E-state index >= 15 is 0 Å². The Balaban J connectivity index is 1.39. The number of hydrogen-bond donors (Lipinski definition) is 2. The van der Waals surface area contributed by atoms with E-state index in [9.17, 15) is 24.3 Å².